The van der Waals surface area contributed by atoms with E-state index in [4.69, 9.17) is 25.7 Å². The molecular weight excluding hydrogens is 449 g/mol. The van der Waals surface area contributed by atoms with Gasteiger partial charge in [-0.1, -0.05) is 36.4 Å². The lowest BCUT2D eigenvalue weighted by Gasteiger charge is -2.33. The van der Waals surface area contributed by atoms with Crippen LogP contribution in [0.2, 0.25) is 0 Å². The second-order valence-corrected chi connectivity index (χ2v) is 8.56. The van der Waals surface area contributed by atoms with Crippen molar-refractivity contribution in [2.75, 3.05) is 39.5 Å². The number of rotatable bonds is 9. The van der Waals surface area contributed by atoms with E-state index in [1.807, 2.05) is 50.2 Å². The van der Waals surface area contributed by atoms with Gasteiger partial charge in [0, 0.05) is 38.2 Å². The Labute approximate surface area is 205 Å². The molecule has 0 bridgehead atoms. The van der Waals surface area contributed by atoms with Crippen molar-refractivity contribution >= 4 is 5.84 Å². The smallest absolute Gasteiger partial charge is 0.301 e. The van der Waals surface area contributed by atoms with Gasteiger partial charge in [-0.05, 0) is 36.6 Å². The standard InChI is InChI=1S/C26H34FN5O3/c1-3-34-25-22(24(28)30-26(29,31-25)35-4-2)15-18-5-7-19(8-6-18)20-9-10-21(23(27)16-20)17-32-11-13-33-14-12-32/h5-10,16,31H,3-4,11-15,17,29H2,1-2H3,(H2,28,30). The van der Waals surface area contributed by atoms with Crippen LogP contribution in [0.1, 0.15) is 25.0 Å². The lowest BCUT2D eigenvalue weighted by Crippen LogP contribution is -2.58. The van der Waals surface area contributed by atoms with Crippen LogP contribution in [-0.4, -0.2) is 56.2 Å². The minimum absolute atomic E-state index is 0.193. The number of morpholine rings is 1. The summed E-state index contributed by atoms with van der Waals surface area (Å²) in [5.74, 6) is -0.918. The molecule has 8 nitrogen and oxygen atoms in total. The van der Waals surface area contributed by atoms with Crippen LogP contribution in [0.3, 0.4) is 0 Å². The average Bonchev–Trinajstić information content (AvgIpc) is 2.84. The van der Waals surface area contributed by atoms with Crippen LogP contribution in [0.25, 0.3) is 11.1 Å². The van der Waals surface area contributed by atoms with E-state index in [1.165, 1.54) is 0 Å². The molecule has 5 N–H and O–H groups in total. The van der Waals surface area contributed by atoms with Crippen LogP contribution in [0, 0.1) is 5.82 Å². The predicted molar refractivity (Wildman–Crippen MR) is 134 cm³/mol. The molecule has 2 aromatic carbocycles. The van der Waals surface area contributed by atoms with Crippen molar-refractivity contribution in [1.29, 1.82) is 0 Å². The molecule has 2 heterocycles. The van der Waals surface area contributed by atoms with Gasteiger partial charge in [-0.25, -0.2) is 4.39 Å². The number of nitrogens with one attached hydrogen (secondary N) is 1. The molecule has 1 unspecified atom stereocenters. The van der Waals surface area contributed by atoms with E-state index in [9.17, 15) is 4.39 Å². The molecule has 1 atom stereocenters. The maximum Gasteiger partial charge on any atom is 0.301 e. The van der Waals surface area contributed by atoms with Gasteiger partial charge in [0.25, 0.3) is 0 Å². The molecule has 2 aromatic rings. The summed E-state index contributed by atoms with van der Waals surface area (Å²) in [4.78, 5) is 6.50. The van der Waals surface area contributed by atoms with Crippen molar-refractivity contribution in [2.45, 2.75) is 32.8 Å². The van der Waals surface area contributed by atoms with Gasteiger partial charge in [0.05, 0.1) is 25.4 Å². The highest BCUT2D eigenvalue weighted by molar-refractivity contribution is 5.98. The SMILES string of the molecule is CCOC1=C(Cc2ccc(-c3ccc(CN4CCOCC4)c(F)c3)cc2)C(N)=NC(N)(OCC)N1. The van der Waals surface area contributed by atoms with Gasteiger partial charge in [-0.15, -0.1) is 0 Å². The van der Waals surface area contributed by atoms with Crippen molar-refractivity contribution in [3.63, 3.8) is 0 Å². The van der Waals surface area contributed by atoms with E-state index in [1.54, 1.807) is 6.07 Å². The maximum atomic E-state index is 14.8. The summed E-state index contributed by atoms with van der Waals surface area (Å²) in [6.45, 7) is 8.15. The molecule has 1 fully saturated rings. The topological polar surface area (TPSA) is 107 Å². The Bertz CT molecular complexity index is 1080. The number of hydrogen-bond donors (Lipinski definition) is 3. The zero-order valence-corrected chi connectivity index (χ0v) is 20.4. The molecule has 0 radical (unpaired) electrons. The summed E-state index contributed by atoms with van der Waals surface area (Å²) in [5, 5.41) is 3.00. The van der Waals surface area contributed by atoms with Gasteiger partial charge >= 0.3 is 5.97 Å². The fourth-order valence-electron chi connectivity index (χ4n) is 4.23. The molecule has 0 amide bonds. The van der Waals surface area contributed by atoms with Crippen molar-refractivity contribution in [1.82, 2.24) is 10.2 Å². The molecule has 2 aliphatic rings. The summed E-state index contributed by atoms with van der Waals surface area (Å²) in [6, 6.07) is 13.4. The van der Waals surface area contributed by atoms with Gasteiger partial charge in [0.15, 0.2) is 5.88 Å². The van der Waals surface area contributed by atoms with E-state index in [0.29, 0.717) is 56.4 Å². The lowest BCUT2D eigenvalue weighted by atomic mass is 9.98. The van der Waals surface area contributed by atoms with Crippen molar-refractivity contribution in [3.8, 4) is 11.1 Å². The minimum atomic E-state index is -1.45. The number of aliphatic imine (C=N–C) groups is 1. The Hall–Kier alpha value is -2.98. The Morgan fingerprint density at radius 3 is 2.46 bits per heavy atom. The van der Waals surface area contributed by atoms with Crippen LogP contribution >= 0.6 is 0 Å². The van der Waals surface area contributed by atoms with E-state index >= 15 is 0 Å². The first-order valence-corrected chi connectivity index (χ1v) is 12.0. The third-order valence-corrected chi connectivity index (χ3v) is 6.03. The van der Waals surface area contributed by atoms with Gasteiger partial charge in [0.2, 0.25) is 0 Å². The molecule has 0 saturated carbocycles. The quantitative estimate of drug-likeness (QED) is 0.471. The Balaban J connectivity index is 1.47. The first kappa shape index (κ1) is 25.1. The Kier molecular flexibility index (Phi) is 8.02. The monoisotopic (exact) mass is 483 g/mol. The van der Waals surface area contributed by atoms with Crippen molar-refractivity contribution < 1.29 is 18.6 Å². The highest BCUT2D eigenvalue weighted by atomic mass is 19.1. The van der Waals surface area contributed by atoms with Gasteiger partial charge in [0.1, 0.15) is 11.7 Å². The van der Waals surface area contributed by atoms with Gasteiger partial charge in [-0.2, -0.15) is 4.99 Å². The van der Waals surface area contributed by atoms with E-state index in [-0.39, 0.29) is 11.7 Å². The fraction of sp³-hybridized carbons (Fsp3) is 0.423. The summed E-state index contributed by atoms with van der Waals surface area (Å²) < 4.78 is 31.4. The van der Waals surface area contributed by atoms with E-state index in [2.05, 4.69) is 15.2 Å². The first-order valence-electron chi connectivity index (χ1n) is 12.0. The second kappa shape index (κ2) is 11.2. The molecule has 0 spiro atoms. The van der Waals surface area contributed by atoms with E-state index < -0.39 is 5.97 Å². The number of amidine groups is 1. The third-order valence-electron chi connectivity index (χ3n) is 6.03. The molecule has 35 heavy (non-hydrogen) atoms. The molecule has 0 aliphatic carbocycles. The number of halogens is 1. The number of hydrogen-bond acceptors (Lipinski definition) is 8. The molecule has 2 aliphatic heterocycles. The molecular formula is C26H34FN5O3. The molecule has 4 rings (SSSR count). The third kappa shape index (κ3) is 6.18. The summed E-state index contributed by atoms with van der Waals surface area (Å²) in [7, 11) is 0. The largest absolute Gasteiger partial charge is 0.479 e. The molecule has 0 aromatic heterocycles. The maximum absolute atomic E-state index is 14.8. The van der Waals surface area contributed by atoms with Gasteiger partial charge in [-0.3, -0.25) is 16.0 Å². The molecule has 1 saturated heterocycles. The highest BCUT2D eigenvalue weighted by Gasteiger charge is 2.33. The zero-order valence-electron chi connectivity index (χ0n) is 20.4. The Morgan fingerprint density at radius 1 is 1.09 bits per heavy atom. The number of benzene rings is 2. The van der Waals surface area contributed by atoms with Crippen LogP contribution in [0.5, 0.6) is 0 Å². The molecule has 9 heteroatoms. The van der Waals surface area contributed by atoms with Crippen molar-refractivity contribution in [3.05, 3.63) is 70.9 Å². The number of ether oxygens (including phenoxy) is 3. The summed E-state index contributed by atoms with van der Waals surface area (Å²) in [6.07, 6.45) is 0.493. The number of nitrogens with zero attached hydrogens (tertiary/aromatic N) is 2. The zero-order chi connectivity index (χ0) is 24.8. The van der Waals surface area contributed by atoms with Crippen molar-refractivity contribution in [2.24, 2.45) is 16.5 Å². The first-order chi connectivity index (χ1) is 16.9. The predicted octanol–water partition coefficient (Wildman–Crippen LogP) is 2.68. The second-order valence-electron chi connectivity index (χ2n) is 8.56. The van der Waals surface area contributed by atoms with Crippen LogP contribution in [-0.2, 0) is 27.2 Å². The van der Waals surface area contributed by atoms with Crippen LogP contribution in [0.4, 0.5) is 4.39 Å². The Morgan fingerprint density at radius 2 is 1.80 bits per heavy atom. The normalized spacial score (nSPS) is 21.0. The molecule has 188 valence electrons. The highest BCUT2D eigenvalue weighted by Crippen LogP contribution is 2.25. The van der Waals surface area contributed by atoms with Crippen LogP contribution in [0.15, 0.2) is 58.9 Å². The lowest BCUT2D eigenvalue weighted by molar-refractivity contribution is -0.0609. The van der Waals surface area contributed by atoms with E-state index in [0.717, 1.165) is 29.8 Å². The summed E-state index contributed by atoms with van der Waals surface area (Å²) in [5.41, 5.74) is 16.6. The van der Waals surface area contributed by atoms with Gasteiger partial charge < -0.3 is 19.9 Å². The minimum Gasteiger partial charge on any atom is -0.479 e. The average molecular weight is 484 g/mol. The summed E-state index contributed by atoms with van der Waals surface area (Å²) >= 11 is 0. The van der Waals surface area contributed by atoms with Crippen LogP contribution < -0.4 is 16.8 Å². The number of nitrogens with two attached hydrogens (primary N) is 2. The fourth-order valence-corrected chi connectivity index (χ4v) is 4.23.